The molecule has 0 spiro atoms. The van der Waals surface area contributed by atoms with E-state index in [2.05, 4.69) is 51.3 Å². The molecule has 1 heteroatoms. The molecular formula is C16H22O. The summed E-state index contributed by atoms with van der Waals surface area (Å²) in [5.74, 6) is 0. The zero-order valence-electron chi connectivity index (χ0n) is 10.8. The van der Waals surface area contributed by atoms with Gasteiger partial charge < -0.3 is 5.11 Å². The van der Waals surface area contributed by atoms with Gasteiger partial charge in [0.2, 0.25) is 0 Å². The van der Waals surface area contributed by atoms with E-state index in [0.717, 1.165) is 0 Å². The Morgan fingerprint density at radius 1 is 1.29 bits per heavy atom. The van der Waals surface area contributed by atoms with Gasteiger partial charge in [-0.2, -0.15) is 0 Å². The molecule has 0 bridgehead atoms. The molecule has 0 saturated heterocycles. The molecule has 0 radical (unpaired) electrons. The lowest BCUT2D eigenvalue weighted by Gasteiger charge is -2.29. The summed E-state index contributed by atoms with van der Waals surface area (Å²) in [6, 6.07) is 8.41. The van der Waals surface area contributed by atoms with Crippen molar-refractivity contribution in [2.45, 2.75) is 38.2 Å². The van der Waals surface area contributed by atoms with Gasteiger partial charge in [0.1, 0.15) is 0 Å². The Bertz CT molecular complexity index is 377. The van der Waals surface area contributed by atoms with Gasteiger partial charge in [-0.1, -0.05) is 48.9 Å². The molecule has 92 valence electrons. The van der Waals surface area contributed by atoms with E-state index in [1.54, 1.807) is 6.08 Å². The van der Waals surface area contributed by atoms with E-state index in [1.807, 2.05) is 6.08 Å². The van der Waals surface area contributed by atoms with Crippen LogP contribution in [-0.4, -0.2) is 11.2 Å². The summed E-state index contributed by atoms with van der Waals surface area (Å²) in [5.41, 5.74) is 2.25. The number of hydrogen-bond acceptors (Lipinski definition) is 1. The summed E-state index contributed by atoms with van der Waals surface area (Å²) < 4.78 is 0. The van der Waals surface area contributed by atoms with Gasteiger partial charge in [-0.05, 0) is 25.3 Å². The number of benzene rings is 1. The maximum atomic E-state index is 9.91. The first kappa shape index (κ1) is 13.7. The van der Waals surface area contributed by atoms with E-state index in [1.165, 1.54) is 11.1 Å². The SMILES string of the molecule is C=CCC(O)CC(C)(C=C)c1ccc(C)cc1. The number of aliphatic hydroxyl groups is 1. The molecule has 1 nitrogen and oxygen atoms in total. The number of rotatable bonds is 6. The maximum absolute atomic E-state index is 9.91. The molecule has 0 amide bonds. The molecule has 2 unspecified atom stereocenters. The van der Waals surface area contributed by atoms with Crippen LogP contribution in [0.2, 0.25) is 0 Å². The number of hydrogen-bond donors (Lipinski definition) is 1. The Hall–Kier alpha value is -1.34. The molecule has 0 fully saturated rings. The van der Waals surface area contributed by atoms with E-state index < -0.39 is 0 Å². The van der Waals surface area contributed by atoms with Gasteiger partial charge in [0.15, 0.2) is 0 Å². The Morgan fingerprint density at radius 2 is 1.88 bits per heavy atom. The van der Waals surface area contributed by atoms with Crippen molar-refractivity contribution in [2.75, 3.05) is 0 Å². The second-order valence-corrected chi connectivity index (χ2v) is 4.87. The van der Waals surface area contributed by atoms with Crippen molar-refractivity contribution in [1.82, 2.24) is 0 Å². The molecule has 0 aromatic heterocycles. The minimum absolute atomic E-state index is 0.184. The lowest BCUT2D eigenvalue weighted by molar-refractivity contribution is 0.148. The summed E-state index contributed by atoms with van der Waals surface area (Å²) >= 11 is 0. The molecule has 0 aliphatic heterocycles. The fourth-order valence-electron chi connectivity index (χ4n) is 2.02. The number of aryl methyl sites for hydroxylation is 1. The van der Waals surface area contributed by atoms with Crippen LogP contribution in [0.4, 0.5) is 0 Å². The average molecular weight is 230 g/mol. The third-order valence-electron chi connectivity index (χ3n) is 3.26. The number of aliphatic hydroxyl groups excluding tert-OH is 1. The van der Waals surface area contributed by atoms with Crippen molar-refractivity contribution >= 4 is 0 Å². The number of allylic oxidation sites excluding steroid dienone is 1. The van der Waals surface area contributed by atoms with Gasteiger partial charge >= 0.3 is 0 Å². The van der Waals surface area contributed by atoms with E-state index in [9.17, 15) is 5.11 Å². The summed E-state index contributed by atoms with van der Waals surface area (Å²) in [6.45, 7) is 11.7. The quantitative estimate of drug-likeness (QED) is 0.738. The van der Waals surface area contributed by atoms with Crippen LogP contribution in [0.3, 0.4) is 0 Å². The van der Waals surface area contributed by atoms with Crippen molar-refractivity contribution < 1.29 is 5.11 Å². The first-order valence-electron chi connectivity index (χ1n) is 6.01. The zero-order valence-corrected chi connectivity index (χ0v) is 10.8. The topological polar surface area (TPSA) is 20.2 Å². The lowest BCUT2D eigenvalue weighted by Crippen LogP contribution is -2.25. The monoisotopic (exact) mass is 230 g/mol. The Morgan fingerprint density at radius 3 is 2.35 bits per heavy atom. The van der Waals surface area contributed by atoms with Crippen molar-refractivity contribution in [1.29, 1.82) is 0 Å². The van der Waals surface area contributed by atoms with Crippen molar-refractivity contribution in [3.8, 4) is 0 Å². The molecular weight excluding hydrogens is 208 g/mol. The van der Waals surface area contributed by atoms with Crippen LogP contribution in [-0.2, 0) is 5.41 Å². The van der Waals surface area contributed by atoms with Crippen LogP contribution in [0.25, 0.3) is 0 Å². The zero-order chi connectivity index (χ0) is 12.9. The summed E-state index contributed by atoms with van der Waals surface area (Å²) in [4.78, 5) is 0. The molecule has 1 aromatic rings. The molecule has 1 N–H and O–H groups in total. The predicted octanol–water partition coefficient (Wildman–Crippen LogP) is 3.77. The third-order valence-corrected chi connectivity index (χ3v) is 3.26. The second-order valence-electron chi connectivity index (χ2n) is 4.87. The fourth-order valence-corrected chi connectivity index (χ4v) is 2.02. The van der Waals surface area contributed by atoms with E-state index in [0.29, 0.717) is 12.8 Å². The van der Waals surface area contributed by atoms with Crippen molar-refractivity contribution in [2.24, 2.45) is 0 Å². The van der Waals surface area contributed by atoms with Crippen LogP contribution in [0.5, 0.6) is 0 Å². The van der Waals surface area contributed by atoms with Gasteiger partial charge in [-0.15, -0.1) is 13.2 Å². The van der Waals surface area contributed by atoms with Gasteiger partial charge in [-0.3, -0.25) is 0 Å². The molecule has 0 heterocycles. The Labute approximate surface area is 104 Å². The second kappa shape index (κ2) is 5.83. The first-order valence-corrected chi connectivity index (χ1v) is 6.01. The molecule has 0 aliphatic carbocycles. The molecule has 2 atom stereocenters. The van der Waals surface area contributed by atoms with E-state index in [-0.39, 0.29) is 11.5 Å². The molecule has 17 heavy (non-hydrogen) atoms. The predicted molar refractivity (Wildman–Crippen MR) is 74.2 cm³/mol. The highest BCUT2D eigenvalue weighted by atomic mass is 16.3. The van der Waals surface area contributed by atoms with Crippen LogP contribution in [0.15, 0.2) is 49.6 Å². The maximum Gasteiger partial charge on any atom is 0.0585 e. The highest BCUT2D eigenvalue weighted by Crippen LogP contribution is 2.31. The van der Waals surface area contributed by atoms with Crippen molar-refractivity contribution in [3.63, 3.8) is 0 Å². The summed E-state index contributed by atoms with van der Waals surface area (Å²) in [7, 11) is 0. The van der Waals surface area contributed by atoms with Gasteiger partial charge in [-0.25, -0.2) is 0 Å². The highest BCUT2D eigenvalue weighted by Gasteiger charge is 2.25. The Balaban J connectivity index is 2.91. The van der Waals surface area contributed by atoms with Crippen molar-refractivity contribution in [3.05, 3.63) is 60.7 Å². The minimum Gasteiger partial charge on any atom is -0.393 e. The summed E-state index contributed by atoms with van der Waals surface area (Å²) in [6.07, 6.45) is 4.60. The average Bonchev–Trinajstić information content (AvgIpc) is 2.30. The molecule has 1 rings (SSSR count). The fraction of sp³-hybridized carbons (Fsp3) is 0.375. The molecule has 1 aromatic carbocycles. The normalized spacial score (nSPS) is 15.9. The smallest absolute Gasteiger partial charge is 0.0585 e. The molecule has 0 saturated carbocycles. The van der Waals surface area contributed by atoms with Crippen LogP contribution in [0.1, 0.15) is 30.9 Å². The van der Waals surface area contributed by atoms with Crippen LogP contribution >= 0.6 is 0 Å². The third kappa shape index (κ3) is 3.57. The van der Waals surface area contributed by atoms with Gasteiger partial charge in [0, 0.05) is 5.41 Å². The highest BCUT2D eigenvalue weighted by molar-refractivity contribution is 5.32. The van der Waals surface area contributed by atoms with E-state index in [4.69, 9.17) is 0 Å². The van der Waals surface area contributed by atoms with E-state index >= 15 is 0 Å². The minimum atomic E-state index is -0.364. The van der Waals surface area contributed by atoms with Crippen LogP contribution in [0, 0.1) is 6.92 Å². The van der Waals surface area contributed by atoms with Crippen LogP contribution < -0.4 is 0 Å². The largest absolute Gasteiger partial charge is 0.393 e. The van der Waals surface area contributed by atoms with Gasteiger partial charge in [0.25, 0.3) is 0 Å². The molecule has 0 aliphatic rings. The lowest BCUT2D eigenvalue weighted by atomic mass is 9.77. The standard InChI is InChI=1S/C16H22O/c1-5-7-15(17)12-16(4,6-2)14-10-8-13(3)9-11-14/h5-6,8-11,15,17H,1-2,7,12H2,3-4H3. The Kier molecular flexibility index (Phi) is 4.71. The van der Waals surface area contributed by atoms with Gasteiger partial charge in [0.05, 0.1) is 6.10 Å². The summed E-state index contributed by atoms with van der Waals surface area (Å²) in [5, 5.41) is 9.91. The first-order chi connectivity index (χ1) is 8.01.